The van der Waals surface area contributed by atoms with Crippen LogP contribution in [0.15, 0.2) is 54.5 Å². The van der Waals surface area contributed by atoms with Crippen LogP contribution in [0.3, 0.4) is 0 Å². The fourth-order valence-electron chi connectivity index (χ4n) is 4.10. The van der Waals surface area contributed by atoms with Gasteiger partial charge in [-0.1, -0.05) is 17.3 Å². The van der Waals surface area contributed by atoms with Crippen molar-refractivity contribution in [3.8, 4) is 5.69 Å². The van der Waals surface area contributed by atoms with Crippen molar-refractivity contribution in [1.82, 2.24) is 29.9 Å². The summed E-state index contributed by atoms with van der Waals surface area (Å²) in [6.45, 7) is 6.07. The number of para-hydroxylation sites is 1. The van der Waals surface area contributed by atoms with Gasteiger partial charge in [0.1, 0.15) is 0 Å². The molecule has 1 fully saturated rings. The smallest absolute Gasteiger partial charge is 0.256 e. The summed E-state index contributed by atoms with van der Waals surface area (Å²) in [6, 6.07) is 9.48. The second-order valence-electron chi connectivity index (χ2n) is 7.55. The first-order valence-corrected chi connectivity index (χ1v) is 9.63. The monoisotopic (exact) mass is 387 g/mol. The highest BCUT2D eigenvalue weighted by molar-refractivity contribution is 5.98. The summed E-state index contributed by atoms with van der Waals surface area (Å²) in [5.74, 6) is 1.06. The number of hydrogen-bond acceptors (Lipinski definition) is 6. The second kappa shape index (κ2) is 6.80. The first kappa shape index (κ1) is 17.5. The molecule has 0 bridgehead atoms. The summed E-state index contributed by atoms with van der Waals surface area (Å²) >= 11 is 0. The molecule has 5 rings (SSSR count). The molecule has 8 nitrogen and oxygen atoms in total. The average Bonchev–Trinajstić information content (AvgIpc) is 3.43. The Kier molecular flexibility index (Phi) is 4.12. The molecule has 1 atom stereocenters. The third-order valence-electron chi connectivity index (χ3n) is 5.40. The summed E-state index contributed by atoms with van der Waals surface area (Å²) in [5.41, 5.74) is 4.55. The van der Waals surface area contributed by atoms with E-state index in [1.54, 1.807) is 17.1 Å². The van der Waals surface area contributed by atoms with Crippen molar-refractivity contribution < 1.29 is 4.79 Å². The predicted octanol–water partition coefficient (Wildman–Crippen LogP) is 2.15. The number of amides is 1. The van der Waals surface area contributed by atoms with E-state index >= 15 is 0 Å². The van der Waals surface area contributed by atoms with Crippen LogP contribution in [-0.4, -0.2) is 55.4 Å². The first-order valence-electron chi connectivity index (χ1n) is 9.63. The van der Waals surface area contributed by atoms with E-state index < -0.39 is 0 Å². The molecule has 8 heteroatoms. The minimum absolute atomic E-state index is 0.0144. The Bertz CT molecular complexity index is 1090. The van der Waals surface area contributed by atoms with Crippen LogP contribution in [0.5, 0.6) is 0 Å². The van der Waals surface area contributed by atoms with Crippen molar-refractivity contribution in [3.63, 3.8) is 0 Å². The molecule has 2 aromatic heterocycles. The fourth-order valence-corrected chi connectivity index (χ4v) is 4.10. The lowest BCUT2D eigenvalue weighted by atomic mass is 10.1. The molecule has 2 aliphatic rings. The maximum atomic E-state index is 13.2. The number of hydrogen-bond donors (Lipinski definition) is 0. The van der Waals surface area contributed by atoms with Crippen LogP contribution in [0, 0.1) is 19.8 Å². The number of carbonyl (C=O) groups is 1. The molecule has 1 aromatic carbocycles. The zero-order valence-corrected chi connectivity index (χ0v) is 16.4. The Morgan fingerprint density at radius 1 is 1.10 bits per heavy atom. The maximum Gasteiger partial charge on any atom is 0.256 e. The Morgan fingerprint density at radius 2 is 1.90 bits per heavy atom. The summed E-state index contributed by atoms with van der Waals surface area (Å²) < 4.78 is 1.63. The highest BCUT2D eigenvalue weighted by Crippen LogP contribution is 2.32. The average molecular weight is 387 g/mol. The van der Waals surface area contributed by atoms with Crippen molar-refractivity contribution in [2.45, 2.75) is 13.8 Å². The Balaban J connectivity index is 1.37. The van der Waals surface area contributed by atoms with Crippen LogP contribution in [0.1, 0.15) is 21.7 Å². The number of carbonyl (C=O) groups excluding carboxylic acids is 1. The number of benzene rings is 1. The van der Waals surface area contributed by atoms with Crippen molar-refractivity contribution in [1.29, 1.82) is 0 Å². The standard InChI is InChI=1S/C21H21N7O/c1-14-9-15(2)24-21(23-14)27-12-16-10-26(11-17(16)13-27)20(29)18-5-3-4-6-19(18)28-8-7-22-25-28/h3-9,12,17H,10-11,13H2,1-2H3. The van der Waals surface area contributed by atoms with Crippen molar-refractivity contribution >= 4 is 11.9 Å². The number of likely N-dealkylation sites (tertiary alicyclic amines) is 1. The molecular formula is C21H21N7O. The van der Waals surface area contributed by atoms with Gasteiger partial charge < -0.3 is 9.80 Å². The van der Waals surface area contributed by atoms with E-state index in [2.05, 4.69) is 31.4 Å². The third-order valence-corrected chi connectivity index (χ3v) is 5.40. The molecule has 29 heavy (non-hydrogen) atoms. The van der Waals surface area contributed by atoms with Crippen LogP contribution in [0.25, 0.3) is 5.69 Å². The predicted molar refractivity (Wildman–Crippen MR) is 108 cm³/mol. The van der Waals surface area contributed by atoms with Gasteiger partial charge >= 0.3 is 0 Å². The number of rotatable bonds is 3. The van der Waals surface area contributed by atoms with Crippen LogP contribution >= 0.6 is 0 Å². The number of aromatic nitrogens is 5. The molecule has 0 spiro atoms. The van der Waals surface area contributed by atoms with E-state index in [9.17, 15) is 4.79 Å². The number of nitrogens with zero attached hydrogens (tertiary/aromatic N) is 7. The highest BCUT2D eigenvalue weighted by atomic mass is 16.2. The lowest BCUT2D eigenvalue weighted by Gasteiger charge is -2.21. The fraction of sp³-hybridized carbons (Fsp3) is 0.286. The molecule has 4 heterocycles. The van der Waals surface area contributed by atoms with Gasteiger partial charge in [0.2, 0.25) is 5.95 Å². The molecule has 1 unspecified atom stereocenters. The van der Waals surface area contributed by atoms with Gasteiger partial charge in [-0.3, -0.25) is 4.79 Å². The molecule has 1 saturated heterocycles. The summed E-state index contributed by atoms with van der Waals surface area (Å²) in [6.07, 6.45) is 5.46. The van der Waals surface area contributed by atoms with Gasteiger partial charge in [-0.25, -0.2) is 14.6 Å². The minimum Gasteiger partial charge on any atom is -0.334 e. The molecule has 1 amide bonds. The molecule has 0 radical (unpaired) electrons. The van der Waals surface area contributed by atoms with Crippen molar-refractivity contribution in [3.05, 3.63) is 71.4 Å². The Labute approximate surface area is 168 Å². The summed E-state index contributed by atoms with van der Waals surface area (Å²) in [5, 5.41) is 7.89. The molecule has 146 valence electrons. The van der Waals surface area contributed by atoms with Gasteiger partial charge in [0, 0.05) is 43.1 Å². The van der Waals surface area contributed by atoms with E-state index in [0.29, 0.717) is 24.6 Å². The van der Waals surface area contributed by atoms with Gasteiger partial charge in [-0.15, -0.1) is 5.10 Å². The van der Waals surface area contributed by atoms with Gasteiger partial charge in [-0.2, -0.15) is 0 Å². The largest absolute Gasteiger partial charge is 0.334 e. The van der Waals surface area contributed by atoms with E-state index in [1.165, 1.54) is 5.57 Å². The molecule has 0 N–H and O–H groups in total. The first-order chi connectivity index (χ1) is 14.1. The SMILES string of the molecule is Cc1cc(C)nc(N2C=C3CN(C(=O)c4ccccc4-n4ccnn4)CC3C2)n1. The van der Waals surface area contributed by atoms with Gasteiger partial charge in [0.15, 0.2) is 0 Å². The van der Waals surface area contributed by atoms with Crippen LogP contribution in [0.2, 0.25) is 0 Å². The van der Waals surface area contributed by atoms with Gasteiger partial charge in [0.05, 0.1) is 23.6 Å². The zero-order chi connectivity index (χ0) is 20.0. The van der Waals surface area contributed by atoms with Gasteiger partial charge in [0.25, 0.3) is 5.91 Å². The Hall–Kier alpha value is -3.55. The van der Waals surface area contributed by atoms with E-state index in [0.717, 1.165) is 29.6 Å². The minimum atomic E-state index is 0.0144. The molecular weight excluding hydrogens is 366 g/mol. The normalized spacial score (nSPS) is 18.1. The van der Waals surface area contributed by atoms with Gasteiger partial charge in [-0.05, 0) is 37.6 Å². The summed E-state index contributed by atoms with van der Waals surface area (Å²) in [4.78, 5) is 26.4. The molecule has 2 aliphatic heterocycles. The third kappa shape index (κ3) is 3.16. The van der Waals surface area contributed by atoms with Crippen LogP contribution in [-0.2, 0) is 0 Å². The second-order valence-corrected chi connectivity index (χ2v) is 7.55. The van der Waals surface area contributed by atoms with Crippen molar-refractivity contribution in [2.24, 2.45) is 5.92 Å². The van der Waals surface area contributed by atoms with Crippen LogP contribution < -0.4 is 4.90 Å². The zero-order valence-electron chi connectivity index (χ0n) is 16.4. The Morgan fingerprint density at radius 3 is 2.62 bits per heavy atom. The van der Waals surface area contributed by atoms with E-state index in [1.807, 2.05) is 49.1 Å². The maximum absolute atomic E-state index is 13.2. The van der Waals surface area contributed by atoms with E-state index in [-0.39, 0.29) is 5.91 Å². The number of anilines is 1. The van der Waals surface area contributed by atoms with E-state index in [4.69, 9.17) is 0 Å². The molecule has 0 aliphatic carbocycles. The highest BCUT2D eigenvalue weighted by Gasteiger charge is 2.37. The summed E-state index contributed by atoms with van der Waals surface area (Å²) in [7, 11) is 0. The number of aryl methyl sites for hydroxylation is 2. The lowest BCUT2D eigenvalue weighted by molar-refractivity contribution is 0.0789. The van der Waals surface area contributed by atoms with Crippen LogP contribution in [0.4, 0.5) is 5.95 Å². The molecule has 0 saturated carbocycles. The molecule has 3 aromatic rings. The topological polar surface area (TPSA) is 80.0 Å². The quantitative estimate of drug-likeness (QED) is 0.685. The lowest BCUT2D eigenvalue weighted by Crippen LogP contribution is -2.32. The number of fused-ring (bicyclic) bond motifs is 1. The van der Waals surface area contributed by atoms with Crippen molar-refractivity contribution in [2.75, 3.05) is 24.5 Å².